The van der Waals surface area contributed by atoms with E-state index in [2.05, 4.69) is 9.97 Å². The molecule has 4 aromatic rings. The predicted molar refractivity (Wildman–Crippen MR) is 94.7 cm³/mol. The zero-order valence-electron chi connectivity index (χ0n) is 12.8. The summed E-state index contributed by atoms with van der Waals surface area (Å²) < 4.78 is 11.6. The van der Waals surface area contributed by atoms with Gasteiger partial charge in [-0.15, -0.1) is 11.3 Å². The van der Waals surface area contributed by atoms with Crippen LogP contribution < -0.4 is 9.47 Å². The number of nitrogens with zero attached hydrogens (tertiary/aromatic N) is 2. The smallest absolute Gasteiger partial charge is 0.231 e. The van der Waals surface area contributed by atoms with Crippen LogP contribution in [0.1, 0.15) is 5.56 Å². The molecule has 4 nitrogen and oxygen atoms in total. The van der Waals surface area contributed by atoms with Crippen molar-refractivity contribution in [2.75, 3.05) is 0 Å². The van der Waals surface area contributed by atoms with E-state index < -0.39 is 0 Å². The molecule has 2 heterocycles. The van der Waals surface area contributed by atoms with Gasteiger partial charge in [-0.2, -0.15) is 0 Å². The van der Waals surface area contributed by atoms with Crippen LogP contribution in [-0.2, 0) is 6.61 Å². The van der Waals surface area contributed by atoms with E-state index in [0.717, 1.165) is 21.5 Å². The molecule has 0 bridgehead atoms. The topological polar surface area (TPSA) is 44.2 Å². The molecule has 2 aromatic carbocycles. The van der Waals surface area contributed by atoms with Crippen molar-refractivity contribution in [3.63, 3.8) is 0 Å². The SMILES string of the molecule is c1ccc(COc2ccc(Oc3ncnc4sccc34)cc2)cc1. The molecule has 4 rings (SSSR count). The van der Waals surface area contributed by atoms with Crippen molar-refractivity contribution in [2.45, 2.75) is 6.61 Å². The number of hydrogen-bond donors (Lipinski definition) is 0. The van der Waals surface area contributed by atoms with Gasteiger partial charge < -0.3 is 9.47 Å². The van der Waals surface area contributed by atoms with Crippen LogP contribution in [0.2, 0.25) is 0 Å². The zero-order valence-corrected chi connectivity index (χ0v) is 13.6. The molecular formula is C19H14N2O2S. The van der Waals surface area contributed by atoms with Gasteiger partial charge in [0, 0.05) is 0 Å². The highest BCUT2D eigenvalue weighted by Crippen LogP contribution is 2.30. The fraction of sp³-hybridized carbons (Fsp3) is 0.0526. The van der Waals surface area contributed by atoms with Crippen LogP contribution in [0.15, 0.2) is 72.4 Å². The summed E-state index contributed by atoms with van der Waals surface area (Å²) in [5.74, 6) is 2.09. The third-order valence-electron chi connectivity index (χ3n) is 3.51. The Balaban J connectivity index is 1.45. The average molecular weight is 334 g/mol. The quantitative estimate of drug-likeness (QED) is 0.511. The third-order valence-corrected chi connectivity index (χ3v) is 4.33. The highest BCUT2D eigenvalue weighted by molar-refractivity contribution is 7.16. The van der Waals surface area contributed by atoms with Gasteiger partial charge in [0.25, 0.3) is 0 Å². The first kappa shape index (κ1) is 14.7. The van der Waals surface area contributed by atoms with Crippen molar-refractivity contribution in [1.29, 1.82) is 0 Å². The summed E-state index contributed by atoms with van der Waals surface area (Å²) in [5, 5.41) is 2.90. The molecule has 0 unspecified atom stereocenters. The summed E-state index contributed by atoms with van der Waals surface area (Å²) in [5.41, 5.74) is 1.14. The minimum Gasteiger partial charge on any atom is -0.489 e. The Morgan fingerprint density at radius 3 is 2.46 bits per heavy atom. The third kappa shape index (κ3) is 3.21. The van der Waals surface area contributed by atoms with Gasteiger partial charge in [0.15, 0.2) is 0 Å². The van der Waals surface area contributed by atoms with Gasteiger partial charge in [-0.05, 0) is 41.3 Å². The van der Waals surface area contributed by atoms with Gasteiger partial charge in [-0.1, -0.05) is 30.3 Å². The first-order valence-electron chi connectivity index (χ1n) is 7.51. The predicted octanol–water partition coefficient (Wildman–Crippen LogP) is 5.06. The highest BCUT2D eigenvalue weighted by Gasteiger charge is 2.07. The van der Waals surface area contributed by atoms with Crippen molar-refractivity contribution in [3.8, 4) is 17.4 Å². The maximum atomic E-state index is 5.87. The molecule has 0 saturated carbocycles. The summed E-state index contributed by atoms with van der Waals surface area (Å²) in [6, 6.07) is 19.6. The van der Waals surface area contributed by atoms with E-state index in [1.807, 2.05) is 66.0 Å². The number of rotatable bonds is 5. The molecule has 0 N–H and O–H groups in total. The molecule has 0 aliphatic rings. The lowest BCUT2D eigenvalue weighted by atomic mass is 10.2. The number of fused-ring (bicyclic) bond motifs is 1. The molecule has 0 radical (unpaired) electrons. The Bertz CT molecular complexity index is 936. The lowest BCUT2D eigenvalue weighted by Crippen LogP contribution is -1.95. The first-order valence-corrected chi connectivity index (χ1v) is 8.39. The summed E-state index contributed by atoms with van der Waals surface area (Å²) in [6.45, 7) is 0.544. The molecule has 0 aliphatic carbocycles. The zero-order chi connectivity index (χ0) is 16.2. The second kappa shape index (κ2) is 6.68. The van der Waals surface area contributed by atoms with E-state index in [1.54, 1.807) is 11.3 Å². The summed E-state index contributed by atoms with van der Waals surface area (Å²) in [4.78, 5) is 9.35. The van der Waals surface area contributed by atoms with Crippen molar-refractivity contribution in [1.82, 2.24) is 9.97 Å². The Labute approximate surface area is 143 Å². The Morgan fingerprint density at radius 1 is 0.833 bits per heavy atom. The van der Waals surface area contributed by atoms with Crippen molar-refractivity contribution in [3.05, 3.63) is 77.9 Å². The van der Waals surface area contributed by atoms with E-state index in [-0.39, 0.29) is 0 Å². The van der Waals surface area contributed by atoms with Gasteiger partial charge in [0.05, 0.1) is 5.39 Å². The van der Waals surface area contributed by atoms with Gasteiger partial charge in [-0.3, -0.25) is 0 Å². The number of ether oxygens (including phenoxy) is 2. The number of thiophene rings is 1. The van der Waals surface area contributed by atoms with Crippen LogP contribution in [0.25, 0.3) is 10.2 Å². The molecule has 118 valence electrons. The molecule has 2 aromatic heterocycles. The molecule has 0 fully saturated rings. The van der Waals surface area contributed by atoms with Crippen LogP contribution in [0, 0.1) is 0 Å². The van der Waals surface area contributed by atoms with Crippen LogP contribution in [0.3, 0.4) is 0 Å². The van der Waals surface area contributed by atoms with E-state index in [4.69, 9.17) is 9.47 Å². The first-order chi connectivity index (χ1) is 11.9. The monoisotopic (exact) mass is 334 g/mol. The number of hydrogen-bond acceptors (Lipinski definition) is 5. The van der Waals surface area contributed by atoms with Crippen molar-refractivity contribution < 1.29 is 9.47 Å². The molecule has 0 atom stereocenters. The summed E-state index contributed by atoms with van der Waals surface area (Å²) in [6.07, 6.45) is 1.52. The van der Waals surface area contributed by atoms with Gasteiger partial charge >= 0.3 is 0 Å². The van der Waals surface area contributed by atoms with Crippen LogP contribution in [0.5, 0.6) is 17.4 Å². The van der Waals surface area contributed by atoms with E-state index in [9.17, 15) is 0 Å². The molecule has 0 saturated heterocycles. The summed E-state index contributed by atoms with van der Waals surface area (Å²) in [7, 11) is 0. The normalized spacial score (nSPS) is 10.7. The molecule has 0 spiro atoms. The Morgan fingerprint density at radius 2 is 1.62 bits per heavy atom. The average Bonchev–Trinajstić information content (AvgIpc) is 3.12. The van der Waals surface area contributed by atoms with Gasteiger partial charge in [0.2, 0.25) is 5.88 Å². The van der Waals surface area contributed by atoms with Gasteiger partial charge in [-0.25, -0.2) is 9.97 Å². The minimum absolute atomic E-state index is 0.544. The molecule has 0 amide bonds. The van der Waals surface area contributed by atoms with E-state index in [0.29, 0.717) is 18.2 Å². The largest absolute Gasteiger partial charge is 0.489 e. The summed E-state index contributed by atoms with van der Waals surface area (Å²) >= 11 is 1.57. The van der Waals surface area contributed by atoms with Crippen molar-refractivity contribution in [2.24, 2.45) is 0 Å². The van der Waals surface area contributed by atoms with Crippen LogP contribution in [0.4, 0.5) is 0 Å². The number of benzene rings is 2. The van der Waals surface area contributed by atoms with Gasteiger partial charge in [0.1, 0.15) is 29.3 Å². The van der Waals surface area contributed by atoms with Crippen LogP contribution in [-0.4, -0.2) is 9.97 Å². The second-order valence-corrected chi connectivity index (χ2v) is 6.06. The fourth-order valence-electron chi connectivity index (χ4n) is 2.31. The highest BCUT2D eigenvalue weighted by atomic mass is 32.1. The maximum absolute atomic E-state index is 5.87. The second-order valence-electron chi connectivity index (χ2n) is 5.17. The molecule has 24 heavy (non-hydrogen) atoms. The fourth-order valence-corrected chi connectivity index (χ4v) is 3.03. The molecule has 5 heteroatoms. The maximum Gasteiger partial charge on any atom is 0.231 e. The lowest BCUT2D eigenvalue weighted by molar-refractivity contribution is 0.305. The van der Waals surface area contributed by atoms with E-state index in [1.165, 1.54) is 6.33 Å². The Kier molecular flexibility index (Phi) is 4.08. The Hall–Kier alpha value is -2.92. The lowest BCUT2D eigenvalue weighted by Gasteiger charge is -2.08. The minimum atomic E-state index is 0.544. The standard InChI is InChI=1S/C19H14N2O2S/c1-2-4-14(5-3-1)12-22-15-6-8-16(9-7-15)23-18-17-10-11-24-19(17)21-13-20-18/h1-11,13H,12H2. The molecular weight excluding hydrogens is 320 g/mol. The van der Waals surface area contributed by atoms with E-state index >= 15 is 0 Å². The number of aromatic nitrogens is 2. The van der Waals surface area contributed by atoms with Crippen molar-refractivity contribution >= 4 is 21.6 Å². The van der Waals surface area contributed by atoms with Crippen LogP contribution >= 0.6 is 11.3 Å². The molecule has 0 aliphatic heterocycles.